The van der Waals surface area contributed by atoms with Gasteiger partial charge < -0.3 is 10.2 Å². The maximum Gasteiger partial charge on any atom is 0.254 e. The summed E-state index contributed by atoms with van der Waals surface area (Å²) in [7, 11) is 0. The Hall–Kier alpha value is -1.23. The highest BCUT2D eigenvalue weighted by molar-refractivity contribution is 8.00. The van der Waals surface area contributed by atoms with Crippen LogP contribution >= 0.6 is 11.8 Å². The molecule has 0 radical (unpaired) electrons. The van der Waals surface area contributed by atoms with Crippen LogP contribution in [0.4, 0.5) is 5.82 Å². The van der Waals surface area contributed by atoms with Crippen molar-refractivity contribution in [2.45, 2.75) is 38.4 Å². The third-order valence-electron chi connectivity index (χ3n) is 3.69. The number of carbonyl (C=O) groups excluding carboxylic acids is 1. The fourth-order valence-electron chi connectivity index (χ4n) is 2.32. The molecule has 116 valence electrons. The molecule has 0 aromatic carbocycles. The van der Waals surface area contributed by atoms with Crippen LogP contribution in [-0.2, 0) is 0 Å². The molecular formula is C16H25N3OS. The van der Waals surface area contributed by atoms with Crippen LogP contribution in [0.1, 0.15) is 44.0 Å². The Morgan fingerprint density at radius 1 is 1.48 bits per heavy atom. The summed E-state index contributed by atoms with van der Waals surface area (Å²) in [6.07, 6.45) is 3.79. The summed E-state index contributed by atoms with van der Waals surface area (Å²) in [5, 5.41) is 3.23. The monoisotopic (exact) mass is 307 g/mol. The fourth-order valence-corrected chi connectivity index (χ4v) is 3.42. The lowest BCUT2D eigenvalue weighted by Crippen LogP contribution is -2.33. The fraction of sp³-hybridized carbons (Fsp3) is 0.625. The first kappa shape index (κ1) is 16.1. The Morgan fingerprint density at radius 2 is 2.29 bits per heavy atom. The summed E-state index contributed by atoms with van der Waals surface area (Å²) in [5.41, 5.74) is 0.730. The molecule has 1 aromatic heterocycles. The van der Waals surface area contributed by atoms with Gasteiger partial charge >= 0.3 is 0 Å². The highest BCUT2D eigenvalue weighted by atomic mass is 32.2. The van der Waals surface area contributed by atoms with E-state index in [4.69, 9.17) is 0 Å². The van der Waals surface area contributed by atoms with Crippen molar-refractivity contribution < 1.29 is 4.79 Å². The molecular weight excluding hydrogens is 282 g/mol. The van der Waals surface area contributed by atoms with Crippen molar-refractivity contribution in [3.05, 3.63) is 23.9 Å². The normalized spacial score (nSPS) is 18.1. The zero-order valence-electron chi connectivity index (χ0n) is 13.2. The van der Waals surface area contributed by atoms with E-state index in [9.17, 15) is 4.79 Å². The summed E-state index contributed by atoms with van der Waals surface area (Å²) < 4.78 is 0.265. The number of carbonyl (C=O) groups is 1. The molecule has 4 nitrogen and oxygen atoms in total. The molecule has 1 aliphatic rings. The van der Waals surface area contributed by atoms with Gasteiger partial charge in [-0.05, 0) is 25.0 Å². The zero-order chi connectivity index (χ0) is 15.3. The van der Waals surface area contributed by atoms with Crippen LogP contribution in [0.3, 0.4) is 0 Å². The number of anilines is 1. The van der Waals surface area contributed by atoms with Gasteiger partial charge in [-0.2, -0.15) is 11.8 Å². The molecule has 0 saturated carbocycles. The average molecular weight is 307 g/mol. The Kier molecular flexibility index (Phi) is 5.51. The van der Waals surface area contributed by atoms with Crippen LogP contribution in [0.25, 0.3) is 0 Å². The van der Waals surface area contributed by atoms with Crippen LogP contribution in [0.2, 0.25) is 0 Å². The number of aromatic nitrogens is 1. The number of rotatable bonds is 4. The van der Waals surface area contributed by atoms with Crippen molar-refractivity contribution in [3.8, 4) is 0 Å². The van der Waals surface area contributed by atoms with Gasteiger partial charge in [-0.3, -0.25) is 4.79 Å². The van der Waals surface area contributed by atoms with Crippen LogP contribution in [0, 0.1) is 0 Å². The largest absolute Gasteiger partial charge is 0.370 e. The number of hydrogen-bond donors (Lipinski definition) is 1. The third kappa shape index (κ3) is 4.63. The van der Waals surface area contributed by atoms with Crippen molar-refractivity contribution in [1.82, 2.24) is 9.88 Å². The molecule has 21 heavy (non-hydrogen) atoms. The molecule has 1 saturated heterocycles. The smallest absolute Gasteiger partial charge is 0.254 e. The minimum absolute atomic E-state index is 0.121. The summed E-state index contributed by atoms with van der Waals surface area (Å²) in [6.45, 7) is 9.15. The minimum atomic E-state index is 0.121. The summed E-state index contributed by atoms with van der Waals surface area (Å²) in [5.74, 6) is 1.91. The molecule has 1 aromatic rings. The molecule has 2 rings (SSSR count). The van der Waals surface area contributed by atoms with E-state index in [-0.39, 0.29) is 10.7 Å². The van der Waals surface area contributed by atoms with E-state index in [1.165, 1.54) is 0 Å². The van der Waals surface area contributed by atoms with E-state index in [0.717, 1.165) is 49.6 Å². The average Bonchev–Trinajstić information content (AvgIpc) is 2.65. The highest BCUT2D eigenvalue weighted by Crippen LogP contribution is 2.31. The predicted octanol–water partition coefficient (Wildman–Crippen LogP) is 3.26. The lowest BCUT2D eigenvalue weighted by molar-refractivity contribution is 0.0764. The molecule has 0 bridgehead atoms. The van der Waals surface area contributed by atoms with Crippen molar-refractivity contribution >= 4 is 23.5 Å². The quantitative estimate of drug-likeness (QED) is 0.927. The standard InChI is InChI=1S/C16H25N3OS/c1-4-7-17-14-12-13(5-8-18-14)15(20)19-9-6-16(2,3)21-11-10-19/h5,8,12H,4,6-7,9-11H2,1-3H3,(H,17,18). The third-order valence-corrected chi connectivity index (χ3v) is 5.06. The Balaban J connectivity index is 2.05. The van der Waals surface area contributed by atoms with E-state index in [0.29, 0.717) is 0 Å². The Bertz CT molecular complexity index is 490. The molecule has 1 N–H and O–H groups in total. The van der Waals surface area contributed by atoms with E-state index < -0.39 is 0 Å². The van der Waals surface area contributed by atoms with Crippen molar-refractivity contribution in [2.75, 3.05) is 30.7 Å². The Morgan fingerprint density at radius 3 is 3.05 bits per heavy atom. The summed E-state index contributed by atoms with van der Waals surface area (Å²) in [6, 6.07) is 3.67. The van der Waals surface area contributed by atoms with Gasteiger partial charge in [0.1, 0.15) is 5.82 Å². The lowest BCUT2D eigenvalue weighted by Gasteiger charge is -2.23. The van der Waals surface area contributed by atoms with Gasteiger partial charge in [0.2, 0.25) is 0 Å². The van der Waals surface area contributed by atoms with Crippen molar-refractivity contribution in [1.29, 1.82) is 0 Å². The van der Waals surface area contributed by atoms with E-state index in [2.05, 4.69) is 31.1 Å². The molecule has 2 heterocycles. The first-order chi connectivity index (χ1) is 10.0. The summed E-state index contributed by atoms with van der Waals surface area (Å²) >= 11 is 1.95. The maximum atomic E-state index is 12.7. The maximum absolute atomic E-state index is 12.7. The predicted molar refractivity (Wildman–Crippen MR) is 90.1 cm³/mol. The van der Waals surface area contributed by atoms with E-state index in [1.54, 1.807) is 6.20 Å². The molecule has 1 aliphatic heterocycles. The van der Waals surface area contributed by atoms with Crippen LogP contribution < -0.4 is 5.32 Å². The number of nitrogens with one attached hydrogen (secondary N) is 1. The van der Waals surface area contributed by atoms with Gasteiger partial charge in [0.25, 0.3) is 5.91 Å². The number of nitrogens with zero attached hydrogens (tertiary/aromatic N) is 2. The second-order valence-corrected chi connectivity index (χ2v) is 7.81. The van der Waals surface area contributed by atoms with Crippen LogP contribution in [-0.4, -0.2) is 45.9 Å². The SMILES string of the molecule is CCCNc1cc(C(=O)N2CCSC(C)(C)CC2)ccn1. The molecule has 0 atom stereocenters. The molecule has 1 amide bonds. The second-order valence-electron chi connectivity index (χ2n) is 6.01. The van der Waals surface area contributed by atoms with Gasteiger partial charge in [-0.1, -0.05) is 20.8 Å². The van der Waals surface area contributed by atoms with Crippen LogP contribution in [0.5, 0.6) is 0 Å². The zero-order valence-corrected chi connectivity index (χ0v) is 14.0. The van der Waals surface area contributed by atoms with Gasteiger partial charge in [-0.25, -0.2) is 4.98 Å². The Labute approximate surface area is 131 Å². The number of thioether (sulfide) groups is 1. The summed E-state index contributed by atoms with van der Waals surface area (Å²) in [4.78, 5) is 18.9. The first-order valence-electron chi connectivity index (χ1n) is 7.65. The van der Waals surface area contributed by atoms with Gasteiger partial charge in [-0.15, -0.1) is 0 Å². The van der Waals surface area contributed by atoms with Crippen molar-refractivity contribution in [3.63, 3.8) is 0 Å². The van der Waals surface area contributed by atoms with Gasteiger partial charge in [0.05, 0.1) is 0 Å². The van der Waals surface area contributed by atoms with Gasteiger partial charge in [0, 0.05) is 41.9 Å². The molecule has 0 unspecified atom stereocenters. The van der Waals surface area contributed by atoms with E-state index >= 15 is 0 Å². The molecule has 0 aliphatic carbocycles. The van der Waals surface area contributed by atoms with E-state index in [1.807, 2.05) is 28.8 Å². The van der Waals surface area contributed by atoms with Crippen molar-refractivity contribution in [2.24, 2.45) is 0 Å². The first-order valence-corrected chi connectivity index (χ1v) is 8.63. The van der Waals surface area contributed by atoms with Crippen LogP contribution in [0.15, 0.2) is 18.3 Å². The second kappa shape index (κ2) is 7.16. The number of amides is 1. The lowest BCUT2D eigenvalue weighted by atomic mass is 10.1. The number of pyridine rings is 1. The van der Waals surface area contributed by atoms with Gasteiger partial charge in [0.15, 0.2) is 0 Å². The molecule has 0 spiro atoms. The highest BCUT2D eigenvalue weighted by Gasteiger charge is 2.26. The number of hydrogen-bond acceptors (Lipinski definition) is 4. The topological polar surface area (TPSA) is 45.2 Å². The molecule has 1 fully saturated rings. The minimum Gasteiger partial charge on any atom is -0.370 e. The molecule has 5 heteroatoms.